The SMILES string of the molecule is CC(=O)Nc1ccc(OCCOc2ccc(/C=C3/C(=N)N4N=C(C(C)C)SC4=NC3=O)cc2)cc1. The van der Waals surface area contributed by atoms with Crippen molar-refractivity contribution in [3.63, 3.8) is 0 Å². The number of carbonyl (C=O) groups is 2. The number of nitrogens with one attached hydrogen (secondary N) is 2. The summed E-state index contributed by atoms with van der Waals surface area (Å²) in [4.78, 5) is 27.7. The molecule has 2 amide bonds. The smallest absolute Gasteiger partial charge is 0.283 e. The molecule has 2 N–H and O–H groups in total. The molecule has 0 saturated carbocycles. The molecule has 2 aliphatic heterocycles. The van der Waals surface area contributed by atoms with Gasteiger partial charge in [-0.1, -0.05) is 26.0 Å². The number of hydrogen-bond donors (Lipinski definition) is 2. The van der Waals surface area contributed by atoms with E-state index in [-0.39, 0.29) is 23.2 Å². The van der Waals surface area contributed by atoms with Crippen LogP contribution in [0.15, 0.2) is 64.2 Å². The van der Waals surface area contributed by atoms with E-state index in [4.69, 9.17) is 14.9 Å². The molecular weight excluding hydrogens is 466 g/mol. The molecule has 0 bridgehead atoms. The number of anilines is 1. The molecule has 2 aromatic rings. The normalized spacial score (nSPS) is 16.2. The van der Waals surface area contributed by atoms with Gasteiger partial charge in [0, 0.05) is 18.5 Å². The predicted octanol–water partition coefficient (Wildman–Crippen LogP) is 4.38. The van der Waals surface area contributed by atoms with E-state index in [1.54, 1.807) is 42.5 Å². The van der Waals surface area contributed by atoms with Crippen molar-refractivity contribution in [1.29, 1.82) is 5.41 Å². The van der Waals surface area contributed by atoms with Crippen LogP contribution in [0.4, 0.5) is 5.69 Å². The molecule has 2 heterocycles. The summed E-state index contributed by atoms with van der Waals surface area (Å²) in [5, 5.41) is 18.2. The molecule has 0 aromatic heterocycles. The Kier molecular flexibility index (Phi) is 7.31. The molecule has 2 aliphatic rings. The third-order valence-corrected chi connectivity index (χ3v) is 6.16. The van der Waals surface area contributed by atoms with Crippen LogP contribution in [-0.2, 0) is 9.59 Å². The highest BCUT2D eigenvalue weighted by Gasteiger charge is 2.36. The minimum absolute atomic E-state index is 0.0192. The lowest BCUT2D eigenvalue weighted by Gasteiger charge is -2.20. The number of carbonyl (C=O) groups excluding carboxylic acids is 2. The number of thioether (sulfide) groups is 1. The van der Waals surface area contributed by atoms with Gasteiger partial charge in [-0.05, 0) is 59.8 Å². The fraction of sp³-hybridized carbons (Fsp3) is 0.240. The number of hydrogen-bond acceptors (Lipinski definition) is 7. The zero-order chi connectivity index (χ0) is 24.9. The number of aliphatic imine (C=N–C) groups is 1. The van der Waals surface area contributed by atoms with Crippen LogP contribution < -0.4 is 14.8 Å². The Morgan fingerprint density at radius 1 is 1.09 bits per heavy atom. The third kappa shape index (κ3) is 5.96. The highest BCUT2D eigenvalue weighted by atomic mass is 32.2. The zero-order valence-corrected chi connectivity index (χ0v) is 20.4. The molecule has 0 spiro atoms. The van der Waals surface area contributed by atoms with Crippen LogP contribution in [0, 0.1) is 11.3 Å². The van der Waals surface area contributed by atoms with Gasteiger partial charge in [0.1, 0.15) is 29.8 Å². The summed E-state index contributed by atoms with van der Waals surface area (Å²) in [7, 11) is 0. The second-order valence-corrected chi connectivity index (χ2v) is 9.07. The first-order chi connectivity index (χ1) is 16.8. The zero-order valence-electron chi connectivity index (χ0n) is 19.6. The molecule has 9 nitrogen and oxygen atoms in total. The van der Waals surface area contributed by atoms with E-state index >= 15 is 0 Å². The number of fused-ring (bicyclic) bond motifs is 1. The first kappa shape index (κ1) is 24.2. The van der Waals surface area contributed by atoms with Gasteiger partial charge in [0.25, 0.3) is 5.91 Å². The van der Waals surface area contributed by atoms with Crippen molar-refractivity contribution < 1.29 is 19.1 Å². The first-order valence-corrected chi connectivity index (χ1v) is 11.9. The van der Waals surface area contributed by atoms with Crippen LogP contribution in [0.5, 0.6) is 11.5 Å². The average molecular weight is 492 g/mol. The molecule has 0 atom stereocenters. The number of benzene rings is 2. The maximum Gasteiger partial charge on any atom is 0.283 e. The number of hydrazone groups is 1. The van der Waals surface area contributed by atoms with Gasteiger partial charge in [0.15, 0.2) is 5.84 Å². The van der Waals surface area contributed by atoms with Crippen LogP contribution in [0.2, 0.25) is 0 Å². The number of rotatable bonds is 8. The second-order valence-electron chi connectivity index (χ2n) is 8.08. The summed E-state index contributed by atoms with van der Waals surface area (Å²) in [5.74, 6) is 0.973. The average Bonchev–Trinajstić information content (AvgIpc) is 3.26. The molecule has 35 heavy (non-hydrogen) atoms. The highest BCUT2D eigenvalue weighted by Crippen LogP contribution is 2.30. The quantitative estimate of drug-likeness (QED) is 0.418. The van der Waals surface area contributed by atoms with Crippen molar-refractivity contribution in [1.82, 2.24) is 5.01 Å². The highest BCUT2D eigenvalue weighted by molar-refractivity contribution is 8.27. The Morgan fingerprint density at radius 3 is 2.26 bits per heavy atom. The van der Waals surface area contributed by atoms with Gasteiger partial charge in [-0.15, -0.1) is 0 Å². The van der Waals surface area contributed by atoms with Crippen molar-refractivity contribution in [2.75, 3.05) is 18.5 Å². The van der Waals surface area contributed by atoms with E-state index in [1.165, 1.54) is 23.7 Å². The fourth-order valence-corrected chi connectivity index (χ4v) is 4.12. The fourth-order valence-electron chi connectivity index (χ4n) is 3.22. The van der Waals surface area contributed by atoms with E-state index in [1.807, 2.05) is 26.0 Å². The standard InChI is InChI=1S/C25H25N5O4S/c1-15(2)24-29-30-22(26)21(23(32)28-25(30)35-24)14-17-4-8-19(9-5-17)33-12-13-34-20-10-6-18(7-11-20)27-16(3)31/h4-11,14-15,26H,12-13H2,1-3H3,(H,27,31)/b21-14-,26-22?. The summed E-state index contributed by atoms with van der Waals surface area (Å²) in [6.07, 6.45) is 1.63. The Hall–Kier alpha value is -3.92. The van der Waals surface area contributed by atoms with Gasteiger partial charge in [0.05, 0.1) is 5.57 Å². The van der Waals surface area contributed by atoms with Gasteiger partial charge >= 0.3 is 0 Å². The van der Waals surface area contributed by atoms with Gasteiger partial charge in [-0.2, -0.15) is 15.1 Å². The molecule has 0 radical (unpaired) electrons. The van der Waals surface area contributed by atoms with Crippen molar-refractivity contribution in [3.8, 4) is 11.5 Å². The first-order valence-electron chi connectivity index (χ1n) is 11.0. The molecule has 0 unspecified atom stereocenters. The van der Waals surface area contributed by atoms with Crippen molar-refractivity contribution in [2.45, 2.75) is 20.8 Å². The Bertz CT molecular complexity index is 1230. The van der Waals surface area contributed by atoms with E-state index in [0.717, 1.165) is 10.6 Å². The summed E-state index contributed by atoms with van der Waals surface area (Å²) >= 11 is 1.33. The largest absolute Gasteiger partial charge is 0.490 e. The lowest BCUT2D eigenvalue weighted by molar-refractivity contribution is -0.115. The Balaban J connectivity index is 1.31. The van der Waals surface area contributed by atoms with Crippen LogP contribution >= 0.6 is 11.8 Å². The monoisotopic (exact) mass is 491 g/mol. The molecular formula is C25H25N5O4S. The van der Waals surface area contributed by atoms with Crippen LogP contribution in [0.3, 0.4) is 0 Å². The summed E-state index contributed by atoms with van der Waals surface area (Å²) in [5.41, 5.74) is 1.65. The number of nitrogens with zero attached hydrogens (tertiary/aromatic N) is 3. The Morgan fingerprint density at radius 2 is 1.69 bits per heavy atom. The van der Waals surface area contributed by atoms with Crippen molar-refractivity contribution in [2.24, 2.45) is 16.0 Å². The molecule has 0 aliphatic carbocycles. The van der Waals surface area contributed by atoms with Gasteiger partial charge in [-0.25, -0.2) is 0 Å². The van der Waals surface area contributed by atoms with Crippen LogP contribution in [0.1, 0.15) is 26.3 Å². The van der Waals surface area contributed by atoms with Crippen molar-refractivity contribution in [3.05, 3.63) is 59.7 Å². The van der Waals surface area contributed by atoms with E-state index in [2.05, 4.69) is 15.4 Å². The lowest BCUT2D eigenvalue weighted by Crippen LogP contribution is -2.35. The van der Waals surface area contributed by atoms with Gasteiger partial charge < -0.3 is 14.8 Å². The van der Waals surface area contributed by atoms with E-state index in [9.17, 15) is 9.59 Å². The number of amidine groups is 2. The second kappa shape index (κ2) is 10.6. The molecule has 10 heteroatoms. The maximum atomic E-state index is 12.5. The molecule has 2 aromatic carbocycles. The number of ether oxygens (including phenoxy) is 2. The van der Waals surface area contributed by atoms with Crippen LogP contribution in [-0.4, -0.2) is 46.1 Å². The van der Waals surface area contributed by atoms with Crippen molar-refractivity contribution >= 4 is 51.4 Å². The summed E-state index contributed by atoms with van der Waals surface area (Å²) < 4.78 is 11.4. The van der Waals surface area contributed by atoms with E-state index in [0.29, 0.717) is 35.6 Å². The Labute approximate surface area is 207 Å². The predicted molar refractivity (Wildman–Crippen MR) is 138 cm³/mol. The maximum absolute atomic E-state index is 12.5. The molecule has 0 saturated heterocycles. The molecule has 180 valence electrons. The van der Waals surface area contributed by atoms with Gasteiger partial charge in [-0.3, -0.25) is 15.0 Å². The topological polar surface area (TPSA) is 116 Å². The summed E-state index contributed by atoms with van der Waals surface area (Å²) in [6.45, 7) is 6.17. The van der Waals surface area contributed by atoms with E-state index < -0.39 is 5.91 Å². The van der Waals surface area contributed by atoms with Crippen LogP contribution in [0.25, 0.3) is 6.08 Å². The molecule has 0 fully saturated rings. The summed E-state index contributed by atoms with van der Waals surface area (Å²) in [6, 6.07) is 14.3. The minimum atomic E-state index is -0.448. The minimum Gasteiger partial charge on any atom is -0.490 e. The lowest BCUT2D eigenvalue weighted by atomic mass is 10.1. The van der Waals surface area contributed by atoms with Gasteiger partial charge in [0.2, 0.25) is 11.1 Å². The number of amides is 2. The molecule has 4 rings (SSSR count). The third-order valence-electron chi connectivity index (χ3n) is 4.95.